The van der Waals surface area contributed by atoms with E-state index >= 15 is 0 Å². The molecule has 0 radical (unpaired) electrons. The molecule has 1 spiro atoms. The van der Waals surface area contributed by atoms with Crippen LogP contribution in [0.2, 0.25) is 0 Å². The maximum Gasteiger partial charge on any atom is 0.209 e. The molecule has 1 unspecified atom stereocenters. The summed E-state index contributed by atoms with van der Waals surface area (Å²) in [6.45, 7) is 10.2. The van der Waals surface area contributed by atoms with Gasteiger partial charge in [-0.1, -0.05) is 17.2 Å². The molecule has 3 heterocycles. The normalized spacial score (nSPS) is 38.0. The minimum atomic E-state index is -0.998. The van der Waals surface area contributed by atoms with Crippen LogP contribution >= 0.6 is 0 Å². The molecule has 0 saturated carbocycles. The molecule has 1 fully saturated rings. The van der Waals surface area contributed by atoms with Crippen LogP contribution in [0.5, 0.6) is 0 Å². The van der Waals surface area contributed by atoms with Gasteiger partial charge in [0.05, 0.1) is 30.5 Å². The third kappa shape index (κ3) is 4.40. The lowest BCUT2D eigenvalue weighted by Crippen LogP contribution is -2.49. The van der Waals surface area contributed by atoms with Gasteiger partial charge in [-0.05, 0) is 83.3 Å². The number of ketones is 1. The Hall–Kier alpha value is -1.53. The van der Waals surface area contributed by atoms with Crippen LogP contribution in [0.4, 0.5) is 0 Å². The SMILES string of the molecule is CC(=C[C@@H]1CC(C)=C[C@]2(C=C(CO)[C@H]3CC(=O)C(C)=C[C@H]3O2)O1)CCC1OC1(C)C. The zero-order valence-electron chi connectivity index (χ0n) is 18.7. The molecular formula is C25H34O5. The van der Waals surface area contributed by atoms with Gasteiger partial charge in [-0.15, -0.1) is 0 Å². The van der Waals surface area contributed by atoms with Gasteiger partial charge in [0.2, 0.25) is 5.79 Å². The first-order valence-corrected chi connectivity index (χ1v) is 11.0. The van der Waals surface area contributed by atoms with E-state index in [1.165, 1.54) is 11.1 Å². The Morgan fingerprint density at radius 3 is 2.60 bits per heavy atom. The summed E-state index contributed by atoms with van der Waals surface area (Å²) in [5, 5.41) is 9.99. The highest BCUT2D eigenvalue weighted by molar-refractivity contribution is 5.96. The molecule has 30 heavy (non-hydrogen) atoms. The number of hydrogen-bond donors (Lipinski definition) is 1. The molecule has 1 aliphatic carbocycles. The van der Waals surface area contributed by atoms with Crippen molar-refractivity contribution in [2.45, 2.75) is 90.0 Å². The Labute approximate surface area is 179 Å². The number of Topliss-reactive ketones (excluding diaryl/α,β-unsaturated/α-hetero) is 1. The smallest absolute Gasteiger partial charge is 0.209 e. The van der Waals surface area contributed by atoms with Crippen molar-refractivity contribution < 1.29 is 24.1 Å². The first kappa shape index (κ1) is 21.7. The average Bonchev–Trinajstić information content (AvgIpc) is 3.27. The molecule has 5 atom stereocenters. The van der Waals surface area contributed by atoms with Crippen LogP contribution < -0.4 is 0 Å². The lowest BCUT2D eigenvalue weighted by molar-refractivity contribution is -0.224. The van der Waals surface area contributed by atoms with Crippen molar-refractivity contribution in [2.24, 2.45) is 5.92 Å². The zero-order chi connectivity index (χ0) is 21.7. The molecule has 164 valence electrons. The highest BCUT2D eigenvalue weighted by atomic mass is 16.7. The van der Waals surface area contributed by atoms with Gasteiger partial charge >= 0.3 is 0 Å². The Kier molecular flexibility index (Phi) is 5.69. The highest BCUT2D eigenvalue weighted by Crippen LogP contribution is 2.43. The minimum Gasteiger partial charge on any atom is -0.392 e. The fraction of sp³-hybridized carbons (Fsp3) is 0.640. The van der Waals surface area contributed by atoms with Crippen molar-refractivity contribution in [1.29, 1.82) is 0 Å². The van der Waals surface area contributed by atoms with E-state index in [0.717, 1.165) is 30.4 Å². The van der Waals surface area contributed by atoms with Gasteiger partial charge in [-0.2, -0.15) is 0 Å². The van der Waals surface area contributed by atoms with Gasteiger partial charge in [-0.25, -0.2) is 0 Å². The fourth-order valence-electron chi connectivity index (χ4n) is 4.93. The monoisotopic (exact) mass is 414 g/mol. The van der Waals surface area contributed by atoms with E-state index in [9.17, 15) is 9.90 Å². The summed E-state index contributed by atoms with van der Waals surface area (Å²) in [6.07, 6.45) is 11.2. The van der Waals surface area contributed by atoms with E-state index in [2.05, 4.69) is 33.8 Å². The van der Waals surface area contributed by atoms with E-state index in [1.54, 1.807) is 0 Å². The number of carbonyl (C=O) groups is 1. The Bertz CT molecular complexity index is 846. The standard InChI is InChI=1S/C25H34O5/c1-15(6-7-23-24(4,5)30-23)8-19-9-16(2)12-25(28-19)13-18(14-26)20-11-21(27)17(3)10-22(20)29-25/h8,10,12-13,19-20,22-23,26H,6-7,9,11,14H2,1-5H3/t19-,20-,22-,23?,25+/m1/s1. The van der Waals surface area contributed by atoms with E-state index in [0.29, 0.717) is 12.5 Å². The molecule has 5 nitrogen and oxygen atoms in total. The number of fused-ring (bicyclic) bond motifs is 1. The molecule has 4 rings (SSSR count). The summed E-state index contributed by atoms with van der Waals surface area (Å²) in [4.78, 5) is 12.2. The largest absolute Gasteiger partial charge is 0.392 e. The summed E-state index contributed by atoms with van der Waals surface area (Å²) in [5.41, 5.74) is 4.05. The quantitative estimate of drug-likeness (QED) is 0.540. The second kappa shape index (κ2) is 7.86. The molecule has 3 aliphatic heterocycles. The Balaban J connectivity index is 1.52. The summed E-state index contributed by atoms with van der Waals surface area (Å²) in [6, 6.07) is 0. The predicted octanol–water partition coefficient (Wildman–Crippen LogP) is 4.17. The zero-order valence-corrected chi connectivity index (χ0v) is 18.7. The maximum atomic E-state index is 12.2. The van der Waals surface area contributed by atoms with Crippen LogP contribution in [0.25, 0.3) is 0 Å². The molecule has 5 heteroatoms. The topological polar surface area (TPSA) is 68.3 Å². The van der Waals surface area contributed by atoms with Crippen LogP contribution in [0.3, 0.4) is 0 Å². The highest BCUT2D eigenvalue weighted by Gasteiger charge is 2.47. The predicted molar refractivity (Wildman–Crippen MR) is 115 cm³/mol. The molecule has 4 aliphatic rings. The molecule has 1 N–H and O–H groups in total. The Morgan fingerprint density at radius 1 is 1.20 bits per heavy atom. The van der Waals surface area contributed by atoms with Crippen LogP contribution in [-0.2, 0) is 19.0 Å². The minimum absolute atomic E-state index is 0.0238. The summed E-state index contributed by atoms with van der Waals surface area (Å²) in [7, 11) is 0. The fourth-order valence-corrected chi connectivity index (χ4v) is 4.93. The summed E-state index contributed by atoms with van der Waals surface area (Å²) in [5.74, 6) is -0.999. The number of aliphatic hydroxyl groups is 1. The summed E-state index contributed by atoms with van der Waals surface area (Å²) < 4.78 is 18.6. The number of aliphatic hydroxyl groups excluding tert-OH is 1. The first-order chi connectivity index (χ1) is 14.1. The van der Waals surface area contributed by atoms with E-state index in [4.69, 9.17) is 14.2 Å². The van der Waals surface area contributed by atoms with Gasteiger partial charge in [-0.3, -0.25) is 4.79 Å². The molecule has 0 aromatic rings. The Morgan fingerprint density at radius 2 is 1.93 bits per heavy atom. The number of carbonyl (C=O) groups excluding carboxylic acids is 1. The van der Waals surface area contributed by atoms with Crippen molar-refractivity contribution in [1.82, 2.24) is 0 Å². The molecular weight excluding hydrogens is 380 g/mol. The maximum absolute atomic E-state index is 12.2. The molecule has 0 aromatic carbocycles. The number of rotatable bonds is 5. The van der Waals surface area contributed by atoms with Gasteiger partial charge in [0.15, 0.2) is 5.78 Å². The van der Waals surface area contributed by atoms with Gasteiger partial charge in [0.25, 0.3) is 0 Å². The van der Waals surface area contributed by atoms with Crippen molar-refractivity contribution in [3.05, 3.63) is 46.6 Å². The average molecular weight is 415 g/mol. The second-order valence-corrected chi connectivity index (χ2v) is 9.88. The van der Waals surface area contributed by atoms with Crippen molar-refractivity contribution in [2.75, 3.05) is 6.61 Å². The number of epoxide rings is 1. The third-order valence-electron chi connectivity index (χ3n) is 6.76. The van der Waals surface area contributed by atoms with E-state index < -0.39 is 5.79 Å². The van der Waals surface area contributed by atoms with Gasteiger partial charge in [0, 0.05) is 12.3 Å². The van der Waals surface area contributed by atoms with Crippen molar-refractivity contribution >= 4 is 5.78 Å². The van der Waals surface area contributed by atoms with Crippen LogP contribution in [0.1, 0.15) is 60.3 Å². The van der Waals surface area contributed by atoms with Crippen LogP contribution in [0.15, 0.2) is 46.6 Å². The number of allylic oxidation sites excluding steroid dienone is 2. The molecule has 0 bridgehead atoms. The number of hydrogen-bond acceptors (Lipinski definition) is 5. The molecule has 0 aromatic heterocycles. The summed E-state index contributed by atoms with van der Waals surface area (Å²) >= 11 is 0. The first-order valence-electron chi connectivity index (χ1n) is 11.0. The van der Waals surface area contributed by atoms with E-state index in [1.807, 2.05) is 25.2 Å². The van der Waals surface area contributed by atoms with Crippen LogP contribution in [0, 0.1) is 5.92 Å². The third-order valence-corrected chi connectivity index (χ3v) is 6.76. The van der Waals surface area contributed by atoms with Crippen molar-refractivity contribution in [3.8, 4) is 0 Å². The van der Waals surface area contributed by atoms with Crippen LogP contribution in [-0.4, -0.2) is 47.2 Å². The van der Waals surface area contributed by atoms with Gasteiger partial charge in [0.1, 0.15) is 0 Å². The second-order valence-electron chi connectivity index (χ2n) is 9.88. The van der Waals surface area contributed by atoms with Crippen molar-refractivity contribution in [3.63, 3.8) is 0 Å². The molecule has 0 amide bonds. The lowest BCUT2D eigenvalue weighted by Gasteiger charge is -2.45. The van der Waals surface area contributed by atoms with E-state index in [-0.39, 0.29) is 36.1 Å². The van der Waals surface area contributed by atoms with Gasteiger partial charge < -0.3 is 19.3 Å². The lowest BCUT2D eigenvalue weighted by atomic mass is 9.79. The molecule has 1 saturated heterocycles. The number of ether oxygens (including phenoxy) is 3.